The number of ether oxygens (including phenoxy) is 2. The maximum atomic E-state index is 12.5. The lowest BCUT2D eigenvalue weighted by atomic mass is 9.94. The number of benzene rings is 2. The third-order valence-electron chi connectivity index (χ3n) is 5.78. The van der Waals surface area contributed by atoms with Crippen LogP contribution in [0.15, 0.2) is 59.9 Å². The average molecular weight is 436 g/mol. The van der Waals surface area contributed by atoms with Crippen molar-refractivity contribution in [2.24, 2.45) is 7.05 Å². The first-order valence-corrected chi connectivity index (χ1v) is 11.6. The predicted octanol–water partition coefficient (Wildman–Crippen LogP) is 5.25. The van der Waals surface area contributed by atoms with Crippen LogP contribution in [0.25, 0.3) is 11.3 Å². The molecule has 31 heavy (non-hydrogen) atoms. The van der Waals surface area contributed by atoms with E-state index in [1.54, 1.807) is 0 Å². The van der Waals surface area contributed by atoms with E-state index < -0.39 is 5.79 Å². The van der Waals surface area contributed by atoms with E-state index in [0.717, 1.165) is 47.8 Å². The molecule has 2 heterocycles. The molecular formula is C24H25N3O3S. The Morgan fingerprint density at radius 2 is 1.87 bits per heavy atom. The van der Waals surface area contributed by atoms with Gasteiger partial charge in [0.2, 0.25) is 5.91 Å². The normalized spacial score (nSPS) is 16.4. The second-order valence-electron chi connectivity index (χ2n) is 8.02. The molecule has 160 valence electrons. The minimum Gasteiger partial charge on any atom is -0.448 e. The van der Waals surface area contributed by atoms with Gasteiger partial charge in [-0.1, -0.05) is 48.5 Å². The number of anilines is 1. The number of rotatable bonds is 5. The van der Waals surface area contributed by atoms with Gasteiger partial charge in [-0.3, -0.25) is 4.79 Å². The zero-order valence-electron chi connectivity index (χ0n) is 17.5. The summed E-state index contributed by atoms with van der Waals surface area (Å²) in [6.07, 6.45) is 7.13. The molecule has 3 aromatic rings. The molecular weight excluding hydrogens is 410 g/mol. The molecule has 0 radical (unpaired) electrons. The molecule has 1 amide bonds. The van der Waals surface area contributed by atoms with Crippen LogP contribution in [-0.4, -0.2) is 27.0 Å². The molecule has 1 N–H and O–H groups in total. The highest BCUT2D eigenvalue weighted by Gasteiger charge is 2.42. The number of carbonyl (C=O) groups excluding carboxylic acids is 1. The number of thioether (sulfide) groups is 1. The molecule has 0 unspecified atom stereocenters. The van der Waals surface area contributed by atoms with Crippen molar-refractivity contribution < 1.29 is 14.3 Å². The van der Waals surface area contributed by atoms with E-state index in [-0.39, 0.29) is 11.7 Å². The first-order chi connectivity index (χ1) is 15.1. The monoisotopic (exact) mass is 435 g/mol. The van der Waals surface area contributed by atoms with E-state index in [4.69, 9.17) is 9.47 Å². The molecule has 2 aliphatic rings. The van der Waals surface area contributed by atoms with Crippen LogP contribution in [0.3, 0.4) is 0 Å². The Morgan fingerprint density at radius 1 is 1.10 bits per heavy atom. The van der Waals surface area contributed by atoms with Gasteiger partial charge in [0.25, 0.3) is 5.79 Å². The van der Waals surface area contributed by atoms with Crippen molar-refractivity contribution in [1.29, 1.82) is 0 Å². The van der Waals surface area contributed by atoms with Crippen molar-refractivity contribution in [3.05, 3.63) is 54.7 Å². The van der Waals surface area contributed by atoms with Gasteiger partial charge in [0.05, 0.1) is 17.6 Å². The molecule has 0 saturated heterocycles. The summed E-state index contributed by atoms with van der Waals surface area (Å²) in [6.45, 7) is 0. The third-order valence-corrected chi connectivity index (χ3v) is 6.83. The standard InChI is InChI=1S/C24H25N3O3S/c1-27-19(17-8-4-2-5-9-17)15-25-23(27)31-16-22(28)26-18-10-11-20-21(14-18)30-24(29-20)12-6-3-7-13-24/h2,4-5,8-11,14-15H,3,6-7,12-13,16H2,1H3,(H,26,28). The molecule has 6 nitrogen and oxygen atoms in total. The van der Waals surface area contributed by atoms with Gasteiger partial charge in [-0.2, -0.15) is 0 Å². The van der Waals surface area contributed by atoms with Crippen molar-refractivity contribution >= 4 is 23.4 Å². The van der Waals surface area contributed by atoms with Crippen LogP contribution in [0.5, 0.6) is 11.5 Å². The fourth-order valence-electron chi connectivity index (χ4n) is 4.20. The number of imidazole rings is 1. The zero-order chi connectivity index (χ0) is 21.3. The van der Waals surface area contributed by atoms with E-state index in [0.29, 0.717) is 11.4 Å². The number of hydrogen-bond donors (Lipinski definition) is 1. The first-order valence-electron chi connectivity index (χ1n) is 10.6. The summed E-state index contributed by atoms with van der Waals surface area (Å²) in [4.78, 5) is 17.0. The number of nitrogens with zero attached hydrogens (tertiary/aromatic N) is 2. The Morgan fingerprint density at radius 3 is 2.68 bits per heavy atom. The van der Waals surface area contributed by atoms with Gasteiger partial charge in [0.15, 0.2) is 16.7 Å². The largest absolute Gasteiger partial charge is 0.448 e. The van der Waals surface area contributed by atoms with Crippen molar-refractivity contribution in [3.8, 4) is 22.8 Å². The van der Waals surface area contributed by atoms with Crippen molar-refractivity contribution in [1.82, 2.24) is 9.55 Å². The Hall–Kier alpha value is -2.93. The van der Waals surface area contributed by atoms with Gasteiger partial charge in [0, 0.05) is 31.6 Å². The highest BCUT2D eigenvalue weighted by atomic mass is 32.2. The highest BCUT2D eigenvalue weighted by molar-refractivity contribution is 7.99. The van der Waals surface area contributed by atoms with Crippen molar-refractivity contribution in [2.75, 3.05) is 11.1 Å². The van der Waals surface area contributed by atoms with Crippen LogP contribution in [0.2, 0.25) is 0 Å². The third kappa shape index (κ3) is 4.14. The summed E-state index contributed by atoms with van der Waals surface area (Å²) in [5, 5.41) is 3.76. The Labute approximate surface area is 186 Å². The quantitative estimate of drug-likeness (QED) is 0.555. The SMILES string of the molecule is Cn1c(-c2ccccc2)cnc1SCC(=O)Nc1ccc2c(c1)OC1(CCCCC1)O2. The lowest BCUT2D eigenvalue weighted by molar-refractivity contribution is -0.113. The Kier molecular flexibility index (Phi) is 5.36. The van der Waals surface area contributed by atoms with Crippen LogP contribution >= 0.6 is 11.8 Å². The molecule has 0 atom stereocenters. The van der Waals surface area contributed by atoms with Gasteiger partial charge in [-0.05, 0) is 30.5 Å². The number of amides is 1. The summed E-state index contributed by atoms with van der Waals surface area (Å²) in [7, 11) is 1.97. The molecule has 7 heteroatoms. The minimum atomic E-state index is -0.506. The Bertz CT molecular complexity index is 1090. The molecule has 2 aromatic carbocycles. The predicted molar refractivity (Wildman–Crippen MR) is 122 cm³/mol. The molecule has 1 spiro atoms. The smallest absolute Gasteiger partial charge is 0.251 e. The molecule has 1 fully saturated rings. The second kappa shape index (κ2) is 8.30. The van der Waals surface area contributed by atoms with E-state index in [1.807, 2.05) is 54.2 Å². The molecule has 5 rings (SSSR count). The van der Waals surface area contributed by atoms with Gasteiger partial charge in [0.1, 0.15) is 0 Å². The summed E-state index contributed by atoms with van der Waals surface area (Å²) >= 11 is 1.42. The fraction of sp³-hybridized carbons (Fsp3) is 0.333. The number of nitrogens with one attached hydrogen (secondary N) is 1. The topological polar surface area (TPSA) is 65.4 Å². The summed E-state index contributed by atoms with van der Waals surface area (Å²) in [5.41, 5.74) is 2.84. The summed E-state index contributed by atoms with van der Waals surface area (Å²) in [5.74, 6) is 1.16. The lowest BCUT2D eigenvalue weighted by Crippen LogP contribution is -2.40. The lowest BCUT2D eigenvalue weighted by Gasteiger charge is -2.31. The molecule has 1 saturated carbocycles. The van der Waals surface area contributed by atoms with Crippen LogP contribution in [0, 0.1) is 0 Å². The maximum Gasteiger partial charge on any atom is 0.251 e. The Balaban J connectivity index is 1.20. The van der Waals surface area contributed by atoms with E-state index in [2.05, 4.69) is 22.4 Å². The number of aromatic nitrogens is 2. The summed E-state index contributed by atoms with van der Waals surface area (Å²) < 4.78 is 14.3. The van der Waals surface area contributed by atoms with E-state index in [9.17, 15) is 4.79 Å². The number of hydrogen-bond acceptors (Lipinski definition) is 5. The second-order valence-corrected chi connectivity index (χ2v) is 8.97. The minimum absolute atomic E-state index is 0.0829. The van der Waals surface area contributed by atoms with Gasteiger partial charge in [-0.25, -0.2) is 4.98 Å². The van der Waals surface area contributed by atoms with Crippen molar-refractivity contribution in [2.45, 2.75) is 43.0 Å². The van der Waals surface area contributed by atoms with Crippen LogP contribution < -0.4 is 14.8 Å². The highest BCUT2D eigenvalue weighted by Crippen LogP contribution is 2.46. The van der Waals surface area contributed by atoms with Gasteiger partial charge >= 0.3 is 0 Å². The van der Waals surface area contributed by atoms with E-state index in [1.165, 1.54) is 18.2 Å². The summed E-state index contributed by atoms with van der Waals surface area (Å²) in [6, 6.07) is 15.7. The molecule has 1 aliphatic carbocycles. The van der Waals surface area contributed by atoms with Gasteiger partial charge in [-0.15, -0.1) is 0 Å². The number of fused-ring (bicyclic) bond motifs is 1. The number of carbonyl (C=O) groups is 1. The molecule has 0 bridgehead atoms. The average Bonchev–Trinajstić information content (AvgIpc) is 3.32. The molecule has 1 aliphatic heterocycles. The van der Waals surface area contributed by atoms with Gasteiger partial charge < -0.3 is 19.4 Å². The van der Waals surface area contributed by atoms with Crippen LogP contribution in [0.1, 0.15) is 32.1 Å². The molecule has 1 aromatic heterocycles. The maximum absolute atomic E-state index is 12.5. The first kappa shape index (κ1) is 20.0. The van der Waals surface area contributed by atoms with Crippen LogP contribution in [0.4, 0.5) is 5.69 Å². The zero-order valence-corrected chi connectivity index (χ0v) is 18.3. The van der Waals surface area contributed by atoms with Crippen LogP contribution in [-0.2, 0) is 11.8 Å². The van der Waals surface area contributed by atoms with E-state index >= 15 is 0 Å². The fourth-order valence-corrected chi connectivity index (χ4v) is 4.95. The van der Waals surface area contributed by atoms with Crippen molar-refractivity contribution in [3.63, 3.8) is 0 Å².